The van der Waals surface area contributed by atoms with Crippen LogP contribution in [0.1, 0.15) is 39.5 Å². The van der Waals surface area contributed by atoms with E-state index < -0.39 is 5.92 Å². The topological polar surface area (TPSA) is 29.1 Å². The molecule has 0 aliphatic heterocycles. The fourth-order valence-electron chi connectivity index (χ4n) is 1.75. The number of carbonyl (C=O) groups is 1. The average molecular weight is 219 g/mol. The van der Waals surface area contributed by atoms with E-state index in [0.29, 0.717) is 25.3 Å². The van der Waals surface area contributed by atoms with Crippen LogP contribution in [0.4, 0.5) is 8.78 Å². The van der Waals surface area contributed by atoms with Gasteiger partial charge >= 0.3 is 0 Å². The molecule has 1 N–H and O–H groups in total. The number of nitrogens with one attached hydrogen (secondary N) is 1. The Balaban J connectivity index is 2.30. The lowest BCUT2D eigenvalue weighted by molar-refractivity contribution is -0.129. The standard InChI is InChI=1S/C11H19F2NO/c1-8(2)7-14-10(15)9-3-5-11(12,13)6-4-9/h8-9H,3-7H2,1-2H3,(H,14,15). The second kappa shape index (κ2) is 4.90. The molecule has 0 aromatic heterocycles. The maximum absolute atomic E-state index is 12.8. The van der Waals surface area contributed by atoms with Crippen molar-refractivity contribution in [3.63, 3.8) is 0 Å². The number of hydrogen-bond donors (Lipinski definition) is 1. The normalized spacial score (nSPS) is 21.7. The van der Waals surface area contributed by atoms with Crippen molar-refractivity contribution in [1.82, 2.24) is 5.32 Å². The predicted octanol–water partition coefficient (Wildman–Crippen LogP) is 2.58. The van der Waals surface area contributed by atoms with Crippen molar-refractivity contribution < 1.29 is 13.6 Å². The quantitative estimate of drug-likeness (QED) is 0.776. The Morgan fingerprint density at radius 3 is 2.40 bits per heavy atom. The zero-order chi connectivity index (χ0) is 11.5. The molecule has 0 spiro atoms. The molecule has 0 aromatic carbocycles. The molecule has 4 heteroatoms. The molecule has 1 amide bonds. The highest BCUT2D eigenvalue weighted by Gasteiger charge is 2.37. The van der Waals surface area contributed by atoms with Crippen molar-refractivity contribution in [2.24, 2.45) is 11.8 Å². The van der Waals surface area contributed by atoms with Crippen molar-refractivity contribution in [1.29, 1.82) is 0 Å². The minimum absolute atomic E-state index is 0.0563. The van der Waals surface area contributed by atoms with Gasteiger partial charge in [-0.25, -0.2) is 8.78 Å². The molecular formula is C11H19F2NO. The molecular weight excluding hydrogens is 200 g/mol. The third-order valence-corrected chi connectivity index (χ3v) is 2.77. The number of alkyl halides is 2. The van der Waals surface area contributed by atoms with Crippen molar-refractivity contribution in [2.75, 3.05) is 6.54 Å². The van der Waals surface area contributed by atoms with Crippen LogP contribution in [-0.4, -0.2) is 18.4 Å². The summed E-state index contributed by atoms with van der Waals surface area (Å²) in [5.41, 5.74) is 0. The summed E-state index contributed by atoms with van der Waals surface area (Å²) in [6, 6.07) is 0. The molecule has 1 saturated carbocycles. The number of amides is 1. The van der Waals surface area contributed by atoms with Crippen LogP contribution in [0.15, 0.2) is 0 Å². The molecule has 88 valence electrons. The Bertz CT molecular complexity index is 219. The lowest BCUT2D eigenvalue weighted by Crippen LogP contribution is -2.37. The van der Waals surface area contributed by atoms with Gasteiger partial charge in [-0.1, -0.05) is 13.8 Å². The summed E-state index contributed by atoms with van der Waals surface area (Å²) in [6.07, 6.45) is 0.341. The lowest BCUT2D eigenvalue weighted by atomic mass is 9.86. The highest BCUT2D eigenvalue weighted by molar-refractivity contribution is 5.78. The third-order valence-electron chi connectivity index (χ3n) is 2.77. The first kappa shape index (κ1) is 12.4. The highest BCUT2D eigenvalue weighted by atomic mass is 19.3. The lowest BCUT2D eigenvalue weighted by Gasteiger charge is -2.27. The molecule has 0 bridgehead atoms. The van der Waals surface area contributed by atoms with Crippen LogP contribution in [0.2, 0.25) is 0 Å². The zero-order valence-electron chi connectivity index (χ0n) is 9.35. The second-order valence-corrected chi connectivity index (χ2v) is 4.77. The van der Waals surface area contributed by atoms with Gasteiger partial charge in [-0.05, 0) is 18.8 Å². The maximum Gasteiger partial charge on any atom is 0.248 e. The summed E-state index contributed by atoms with van der Waals surface area (Å²) in [7, 11) is 0. The summed E-state index contributed by atoms with van der Waals surface area (Å²) in [5.74, 6) is -2.41. The zero-order valence-corrected chi connectivity index (χ0v) is 9.35. The number of carbonyl (C=O) groups excluding carboxylic acids is 1. The van der Waals surface area contributed by atoms with E-state index in [0.717, 1.165) is 0 Å². The Kier molecular flexibility index (Phi) is 4.05. The van der Waals surface area contributed by atoms with E-state index in [9.17, 15) is 13.6 Å². The first-order valence-electron chi connectivity index (χ1n) is 5.56. The Morgan fingerprint density at radius 2 is 1.93 bits per heavy atom. The van der Waals surface area contributed by atoms with Crippen LogP contribution in [0.25, 0.3) is 0 Å². The smallest absolute Gasteiger partial charge is 0.248 e. The summed E-state index contributed by atoms with van der Waals surface area (Å²) in [5, 5.41) is 2.80. The Labute approximate surface area is 89.4 Å². The third kappa shape index (κ3) is 4.14. The van der Waals surface area contributed by atoms with Crippen LogP contribution < -0.4 is 5.32 Å². The minimum atomic E-state index is -2.55. The van der Waals surface area contributed by atoms with Crippen LogP contribution >= 0.6 is 0 Å². The van der Waals surface area contributed by atoms with E-state index >= 15 is 0 Å². The van der Waals surface area contributed by atoms with Crippen LogP contribution in [0.3, 0.4) is 0 Å². The van der Waals surface area contributed by atoms with Gasteiger partial charge in [0.25, 0.3) is 0 Å². The molecule has 1 aliphatic rings. The molecule has 0 radical (unpaired) electrons. The van der Waals surface area contributed by atoms with Gasteiger partial charge in [-0.2, -0.15) is 0 Å². The molecule has 0 atom stereocenters. The Morgan fingerprint density at radius 1 is 1.40 bits per heavy atom. The Hall–Kier alpha value is -0.670. The first-order valence-corrected chi connectivity index (χ1v) is 5.56. The molecule has 1 aliphatic carbocycles. The van der Waals surface area contributed by atoms with Gasteiger partial charge in [-0.15, -0.1) is 0 Å². The molecule has 1 fully saturated rings. The van der Waals surface area contributed by atoms with Gasteiger partial charge < -0.3 is 5.32 Å². The SMILES string of the molecule is CC(C)CNC(=O)C1CCC(F)(F)CC1. The molecule has 15 heavy (non-hydrogen) atoms. The van der Waals surface area contributed by atoms with Gasteiger partial charge in [0.15, 0.2) is 0 Å². The fourth-order valence-corrected chi connectivity index (χ4v) is 1.75. The van der Waals surface area contributed by atoms with Crippen LogP contribution in [0, 0.1) is 11.8 Å². The van der Waals surface area contributed by atoms with E-state index in [1.807, 2.05) is 13.8 Å². The van der Waals surface area contributed by atoms with Crippen molar-refractivity contribution >= 4 is 5.91 Å². The summed E-state index contributed by atoms with van der Waals surface area (Å²) >= 11 is 0. The van der Waals surface area contributed by atoms with Gasteiger partial charge in [0.1, 0.15) is 0 Å². The monoisotopic (exact) mass is 219 g/mol. The van der Waals surface area contributed by atoms with Crippen molar-refractivity contribution in [2.45, 2.75) is 45.5 Å². The molecule has 0 heterocycles. The van der Waals surface area contributed by atoms with E-state index in [1.54, 1.807) is 0 Å². The fraction of sp³-hybridized carbons (Fsp3) is 0.909. The average Bonchev–Trinajstić information content (AvgIpc) is 2.14. The van der Waals surface area contributed by atoms with Gasteiger partial charge in [-0.3, -0.25) is 4.79 Å². The summed E-state index contributed by atoms with van der Waals surface area (Å²) < 4.78 is 25.6. The minimum Gasteiger partial charge on any atom is -0.356 e. The van der Waals surface area contributed by atoms with E-state index in [-0.39, 0.29) is 24.7 Å². The van der Waals surface area contributed by atoms with Gasteiger partial charge in [0.2, 0.25) is 11.8 Å². The summed E-state index contributed by atoms with van der Waals surface area (Å²) in [4.78, 5) is 11.6. The highest BCUT2D eigenvalue weighted by Crippen LogP contribution is 2.36. The van der Waals surface area contributed by atoms with Gasteiger partial charge in [0.05, 0.1) is 0 Å². The molecule has 0 aromatic rings. The van der Waals surface area contributed by atoms with E-state index in [1.165, 1.54) is 0 Å². The largest absolute Gasteiger partial charge is 0.356 e. The number of rotatable bonds is 3. The van der Waals surface area contributed by atoms with E-state index in [2.05, 4.69) is 5.32 Å². The molecule has 1 rings (SSSR count). The van der Waals surface area contributed by atoms with Crippen LogP contribution in [-0.2, 0) is 4.79 Å². The molecule has 2 nitrogen and oxygen atoms in total. The maximum atomic E-state index is 12.8. The van der Waals surface area contributed by atoms with E-state index in [4.69, 9.17) is 0 Å². The van der Waals surface area contributed by atoms with Crippen molar-refractivity contribution in [3.05, 3.63) is 0 Å². The number of hydrogen-bond acceptors (Lipinski definition) is 1. The van der Waals surface area contributed by atoms with Crippen LogP contribution in [0.5, 0.6) is 0 Å². The number of halogens is 2. The first-order chi connectivity index (χ1) is 6.91. The second-order valence-electron chi connectivity index (χ2n) is 4.77. The molecule has 0 unspecified atom stereocenters. The predicted molar refractivity (Wildman–Crippen MR) is 54.8 cm³/mol. The van der Waals surface area contributed by atoms with Gasteiger partial charge in [0, 0.05) is 25.3 Å². The summed E-state index contributed by atoms with van der Waals surface area (Å²) in [6.45, 7) is 4.65. The molecule has 0 saturated heterocycles. The van der Waals surface area contributed by atoms with Crippen molar-refractivity contribution in [3.8, 4) is 0 Å².